The quantitative estimate of drug-likeness (QED) is 0.248. The number of rotatable bonds is 8. The SMILES string of the molecule is C=CCN(C(=O)Nc1c(C(C)C)cc(-c2cccc(OC)c2)cc1C(C)C)c1cc2cccnc2[nH]c1=O. The van der Waals surface area contributed by atoms with Crippen molar-refractivity contribution in [3.63, 3.8) is 0 Å². The van der Waals surface area contributed by atoms with Crippen LogP contribution >= 0.6 is 0 Å². The number of nitrogens with zero attached hydrogens (tertiary/aromatic N) is 2. The summed E-state index contributed by atoms with van der Waals surface area (Å²) in [5, 5.41) is 3.88. The van der Waals surface area contributed by atoms with E-state index in [4.69, 9.17) is 4.74 Å². The van der Waals surface area contributed by atoms with E-state index in [1.807, 2.05) is 24.3 Å². The van der Waals surface area contributed by atoms with Gasteiger partial charge in [-0.25, -0.2) is 9.78 Å². The number of amides is 2. The third-order valence-corrected chi connectivity index (χ3v) is 6.52. The van der Waals surface area contributed by atoms with Crippen LogP contribution in [0.3, 0.4) is 0 Å². The molecule has 0 saturated heterocycles. The maximum atomic E-state index is 13.8. The molecule has 7 heteroatoms. The van der Waals surface area contributed by atoms with Gasteiger partial charge in [-0.05, 0) is 76.6 Å². The van der Waals surface area contributed by atoms with Crippen LogP contribution in [0.2, 0.25) is 0 Å². The van der Waals surface area contributed by atoms with E-state index in [-0.39, 0.29) is 24.1 Å². The summed E-state index contributed by atoms with van der Waals surface area (Å²) in [4.78, 5) is 35.1. The zero-order chi connectivity index (χ0) is 27.4. The van der Waals surface area contributed by atoms with Crippen molar-refractivity contribution in [2.75, 3.05) is 23.9 Å². The molecule has 0 fully saturated rings. The van der Waals surface area contributed by atoms with E-state index in [0.717, 1.165) is 39.1 Å². The third kappa shape index (κ3) is 5.47. The summed E-state index contributed by atoms with van der Waals surface area (Å²) >= 11 is 0. The van der Waals surface area contributed by atoms with Gasteiger partial charge < -0.3 is 15.0 Å². The number of aromatic amines is 1. The van der Waals surface area contributed by atoms with Crippen molar-refractivity contribution < 1.29 is 9.53 Å². The molecular weight excluding hydrogens is 476 g/mol. The number of hydrogen-bond acceptors (Lipinski definition) is 4. The standard InChI is InChI=1S/C31H34N4O3/c1-7-14-35(27-18-22-11-9-13-32-29(22)34-30(27)36)31(37)33-28-25(19(2)3)16-23(17-26(28)20(4)5)21-10-8-12-24(15-21)38-6/h7-13,15-20H,1,14H2,2-6H3,(H,33,37)(H,32,34,36). The number of benzene rings is 2. The van der Waals surface area contributed by atoms with Crippen LogP contribution in [0.5, 0.6) is 5.75 Å². The van der Waals surface area contributed by atoms with Gasteiger partial charge >= 0.3 is 6.03 Å². The number of urea groups is 1. The molecule has 0 aliphatic heterocycles. The largest absolute Gasteiger partial charge is 0.497 e. The number of anilines is 2. The molecule has 2 N–H and O–H groups in total. The Labute approximate surface area is 223 Å². The minimum atomic E-state index is -0.406. The summed E-state index contributed by atoms with van der Waals surface area (Å²) in [6, 6.07) is 17.1. The first kappa shape index (κ1) is 26.7. The van der Waals surface area contributed by atoms with E-state index in [1.54, 1.807) is 31.5 Å². The summed E-state index contributed by atoms with van der Waals surface area (Å²) in [7, 11) is 1.66. The van der Waals surface area contributed by atoms with E-state index >= 15 is 0 Å². The summed E-state index contributed by atoms with van der Waals surface area (Å²) in [6.07, 6.45) is 3.22. The van der Waals surface area contributed by atoms with Crippen LogP contribution in [0.4, 0.5) is 16.2 Å². The number of ether oxygens (including phenoxy) is 1. The van der Waals surface area contributed by atoms with Crippen LogP contribution in [-0.2, 0) is 0 Å². The Kier molecular flexibility index (Phi) is 7.96. The van der Waals surface area contributed by atoms with Gasteiger partial charge in [-0.2, -0.15) is 0 Å². The average molecular weight is 511 g/mol. The molecule has 2 aromatic carbocycles. The van der Waals surface area contributed by atoms with E-state index < -0.39 is 11.6 Å². The Morgan fingerprint density at radius 1 is 1.05 bits per heavy atom. The lowest BCUT2D eigenvalue weighted by molar-refractivity contribution is 0.257. The van der Waals surface area contributed by atoms with Crippen molar-refractivity contribution in [3.8, 4) is 16.9 Å². The number of pyridine rings is 2. The van der Waals surface area contributed by atoms with Gasteiger partial charge in [0.2, 0.25) is 0 Å². The summed E-state index contributed by atoms with van der Waals surface area (Å²) < 4.78 is 5.43. The highest BCUT2D eigenvalue weighted by molar-refractivity contribution is 6.04. The number of nitrogens with one attached hydrogen (secondary N) is 2. The topological polar surface area (TPSA) is 87.3 Å². The first-order valence-electron chi connectivity index (χ1n) is 12.7. The van der Waals surface area contributed by atoms with Gasteiger partial charge in [-0.1, -0.05) is 45.9 Å². The van der Waals surface area contributed by atoms with Crippen LogP contribution in [-0.4, -0.2) is 29.7 Å². The smallest absolute Gasteiger partial charge is 0.326 e. The number of H-pyrrole nitrogens is 1. The van der Waals surface area contributed by atoms with E-state index in [9.17, 15) is 9.59 Å². The van der Waals surface area contributed by atoms with Crippen LogP contribution < -0.4 is 20.5 Å². The second-order valence-corrected chi connectivity index (χ2v) is 9.83. The van der Waals surface area contributed by atoms with Gasteiger partial charge in [0, 0.05) is 23.8 Å². The first-order valence-corrected chi connectivity index (χ1v) is 12.7. The number of aromatic nitrogens is 2. The second kappa shape index (κ2) is 11.3. The molecule has 0 aliphatic rings. The molecule has 4 rings (SSSR count). The maximum Gasteiger partial charge on any atom is 0.326 e. The lowest BCUT2D eigenvalue weighted by Gasteiger charge is -2.26. The lowest BCUT2D eigenvalue weighted by Crippen LogP contribution is -2.39. The van der Waals surface area contributed by atoms with Crippen molar-refractivity contribution >= 4 is 28.4 Å². The normalized spacial score (nSPS) is 11.1. The fourth-order valence-electron chi connectivity index (χ4n) is 4.53. The fraction of sp³-hybridized carbons (Fsp3) is 0.258. The number of carbonyl (C=O) groups is 1. The van der Waals surface area contributed by atoms with Crippen LogP contribution in [0.15, 0.2) is 78.2 Å². The highest BCUT2D eigenvalue weighted by Gasteiger charge is 2.23. The van der Waals surface area contributed by atoms with Gasteiger partial charge in [0.1, 0.15) is 17.1 Å². The second-order valence-electron chi connectivity index (χ2n) is 9.83. The summed E-state index contributed by atoms with van der Waals surface area (Å²) in [6.45, 7) is 12.4. The van der Waals surface area contributed by atoms with Crippen LogP contribution in [0.25, 0.3) is 22.2 Å². The molecule has 38 heavy (non-hydrogen) atoms. The predicted octanol–water partition coefficient (Wildman–Crippen LogP) is 7.07. The van der Waals surface area contributed by atoms with Gasteiger partial charge in [-0.15, -0.1) is 6.58 Å². The van der Waals surface area contributed by atoms with E-state index in [0.29, 0.717) is 5.65 Å². The molecule has 0 unspecified atom stereocenters. The zero-order valence-electron chi connectivity index (χ0n) is 22.5. The van der Waals surface area contributed by atoms with E-state index in [1.165, 1.54) is 4.90 Å². The molecule has 0 bridgehead atoms. The Hall–Kier alpha value is -4.39. The summed E-state index contributed by atoms with van der Waals surface area (Å²) in [5.41, 5.74) is 5.18. The Bertz CT molecular complexity index is 1510. The molecular formula is C31H34N4O3. The number of fused-ring (bicyclic) bond motifs is 1. The van der Waals surface area contributed by atoms with Gasteiger partial charge in [0.05, 0.1) is 7.11 Å². The Morgan fingerprint density at radius 2 is 1.76 bits per heavy atom. The molecule has 2 aromatic heterocycles. The fourth-order valence-corrected chi connectivity index (χ4v) is 4.53. The zero-order valence-corrected chi connectivity index (χ0v) is 22.5. The highest BCUT2D eigenvalue weighted by atomic mass is 16.5. The Balaban J connectivity index is 1.80. The van der Waals surface area contributed by atoms with Gasteiger partial charge in [-0.3, -0.25) is 9.69 Å². The first-order chi connectivity index (χ1) is 18.2. The number of carbonyl (C=O) groups excluding carboxylic acids is 1. The maximum absolute atomic E-state index is 13.8. The molecule has 2 heterocycles. The molecule has 7 nitrogen and oxygen atoms in total. The number of methoxy groups -OCH3 is 1. The lowest BCUT2D eigenvalue weighted by atomic mass is 9.88. The minimum Gasteiger partial charge on any atom is -0.497 e. The molecule has 0 radical (unpaired) electrons. The van der Waals surface area contributed by atoms with Crippen molar-refractivity contribution in [1.29, 1.82) is 0 Å². The van der Waals surface area contributed by atoms with Gasteiger partial charge in [0.15, 0.2) is 0 Å². The molecule has 0 spiro atoms. The van der Waals surface area contributed by atoms with Crippen LogP contribution in [0.1, 0.15) is 50.7 Å². The molecule has 0 saturated carbocycles. The number of hydrogen-bond donors (Lipinski definition) is 2. The minimum absolute atomic E-state index is 0.136. The Morgan fingerprint density at radius 3 is 2.39 bits per heavy atom. The average Bonchev–Trinajstić information content (AvgIpc) is 2.91. The highest BCUT2D eigenvalue weighted by Crippen LogP contribution is 2.38. The van der Waals surface area contributed by atoms with Crippen molar-refractivity contribution in [2.24, 2.45) is 0 Å². The molecule has 4 aromatic rings. The van der Waals surface area contributed by atoms with Gasteiger partial charge in [0.25, 0.3) is 5.56 Å². The molecule has 0 aliphatic carbocycles. The van der Waals surface area contributed by atoms with Crippen molar-refractivity contribution in [2.45, 2.75) is 39.5 Å². The predicted molar refractivity (Wildman–Crippen MR) is 156 cm³/mol. The van der Waals surface area contributed by atoms with Crippen LogP contribution in [0, 0.1) is 0 Å². The molecule has 196 valence electrons. The summed E-state index contributed by atoms with van der Waals surface area (Å²) in [5.74, 6) is 1.06. The van der Waals surface area contributed by atoms with E-state index in [2.05, 4.69) is 67.8 Å². The van der Waals surface area contributed by atoms with Crippen molar-refractivity contribution in [1.82, 2.24) is 9.97 Å². The van der Waals surface area contributed by atoms with Crippen molar-refractivity contribution in [3.05, 3.63) is 94.9 Å². The third-order valence-electron chi connectivity index (χ3n) is 6.52. The molecule has 2 amide bonds. The molecule has 0 atom stereocenters. The monoisotopic (exact) mass is 510 g/mol.